The molecule has 0 aliphatic heterocycles. The van der Waals surface area contributed by atoms with Gasteiger partial charge < -0.3 is 10.1 Å². The van der Waals surface area contributed by atoms with Crippen LogP contribution in [0.4, 0.5) is 5.69 Å². The third kappa shape index (κ3) is 4.38. The molecule has 0 amide bonds. The summed E-state index contributed by atoms with van der Waals surface area (Å²) in [6, 6.07) is 7.34. The van der Waals surface area contributed by atoms with Gasteiger partial charge in [0, 0.05) is 17.5 Å². The number of rotatable bonds is 7. The van der Waals surface area contributed by atoms with E-state index in [1.165, 1.54) is 0 Å². The van der Waals surface area contributed by atoms with E-state index >= 15 is 0 Å². The molecule has 0 aliphatic rings. The zero-order valence-corrected chi connectivity index (χ0v) is 9.56. The van der Waals surface area contributed by atoms with Crippen LogP contribution in [0.2, 0.25) is 0 Å². The van der Waals surface area contributed by atoms with Crippen molar-refractivity contribution in [3.8, 4) is 5.75 Å². The number of nitrogens with one attached hydrogen (secondary N) is 1. The first kappa shape index (κ1) is 12.8. The number of anilines is 1. The molecule has 3 heteroatoms. The number of allylic oxidation sites excluding steroid dienone is 3. The van der Waals surface area contributed by atoms with Crippen LogP contribution in [0.25, 0.3) is 0 Å². The second-order valence-electron chi connectivity index (χ2n) is 3.19. The second-order valence-corrected chi connectivity index (χ2v) is 3.19. The van der Waals surface area contributed by atoms with Gasteiger partial charge in [-0.15, -0.1) is 0 Å². The molecular formula is C14H15NO2. The van der Waals surface area contributed by atoms with E-state index in [2.05, 4.69) is 18.5 Å². The Hall–Kier alpha value is -2.29. The van der Waals surface area contributed by atoms with Crippen molar-refractivity contribution < 1.29 is 9.53 Å². The van der Waals surface area contributed by atoms with Gasteiger partial charge in [0.2, 0.25) is 0 Å². The highest BCUT2D eigenvalue weighted by Gasteiger charge is 1.97. The van der Waals surface area contributed by atoms with E-state index in [0.717, 1.165) is 11.4 Å². The SMILES string of the molecule is C=C/C=C(\C=C)Nc1cccc(OCC=O)c1. The number of benzene rings is 1. The first-order chi connectivity index (χ1) is 8.30. The quantitative estimate of drug-likeness (QED) is 0.577. The molecule has 0 aromatic heterocycles. The molecule has 1 aromatic rings. The molecule has 0 saturated heterocycles. The van der Waals surface area contributed by atoms with Crippen LogP contribution in [0.15, 0.2) is 61.3 Å². The fraction of sp³-hybridized carbons (Fsp3) is 0.0714. The van der Waals surface area contributed by atoms with Gasteiger partial charge in [-0.3, -0.25) is 4.79 Å². The summed E-state index contributed by atoms with van der Waals surface area (Å²) in [5.74, 6) is 0.643. The van der Waals surface area contributed by atoms with Crippen LogP contribution in [-0.4, -0.2) is 12.9 Å². The van der Waals surface area contributed by atoms with Gasteiger partial charge in [-0.05, 0) is 24.3 Å². The summed E-state index contributed by atoms with van der Waals surface area (Å²) in [6.45, 7) is 7.37. The summed E-state index contributed by atoms with van der Waals surface area (Å²) in [7, 11) is 0. The van der Waals surface area contributed by atoms with Gasteiger partial charge in [0.15, 0.2) is 6.29 Å². The van der Waals surface area contributed by atoms with Crippen molar-refractivity contribution in [2.45, 2.75) is 0 Å². The van der Waals surface area contributed by atoms with Gasteiger partial charge >= 0.3 is 0 Å². The van der Waals surface area contributed by atoms with Crippen LogP contribution in [0.1, 0.15) is 0 Å². The minimum atomic E-state index is 0.0558. The highest BCUT2D eigenvalue weighted by molar-refractivity contribution is 5.55. The van der Waals surface area contributed by atoms with Crippen molar-refractivity contribution in [2.24, 2.45) is 0 Å². The van der Waals surface area contributed by atoms with Crippen molar-refractivity contribution >= 4 is 12.0 Å². The van der Waals surface area contributed by atoms with E-state index in [-0.39, 0.29) is 6.61 Å². The Morgan fingerprint density at radius 2 is 2.24 bits per heavy atom. The van der Waals surface area contributed by atoms with E-state index < -0.39 is 0 Å². The van der Waals surface area contributed by atoms with Gasteiger partial charge in [-0.25, -0.2) is 0 Å². The lowest BCUT2D eigenvalue weighted by atomic mass is 10.2. The first-order valence-corrected chi connectivity index (χ1v) is 5.19. The number of hydrogen-bond acceptors (Lipinski definition) is 3. The van der Waals surface area contributed by atoms with Crippen LogP contribution >= 0.6 is 0 Å². The van der Waals surface area contributed by atoms with Crippen LogP contribution in [0.3, 0.4) is 0 Å². The van der Waals surface area contributed by atoms with E-state index in [4.69, 9.17) is 4.74 Å². The minimum absolute atomic E-state index is 0.0558. The molecule has 0 saturated carbocycles. The Kier molecular flexibility index (Phi) is 5.31. The third-order valence-electron chi connectivity index (χ3n) is 1.96. The number of carbonyl (C=O) groups excluding carboxylic acids is 1. The van der Waals surface area contributed by atoms with Crippen molar-refractivity contribution in [1.82, 2.24) is 0 Å². The van der Waals surface area contributed by atoms with Gasteiger partial charge in [0.25, 0.3) is 0 Å². The molecule has 1 aromatic carbocycles. The predicted molar refractivity (Wildman–Crippen MR) is 70.1 cm³/mol. The smallest absolute Gasteiger partial charge is 0.157 e. The third-order valence-corrected chi connectivity index (χ3v) is 1.96. The fourth-order valence-corrected chi connectivity index (χ4v) is 1.25. The zero-order valence-electron chi connectivity index (χ0n) is 9.56. The molecule has 1 rings (SSSR count). The number of ether oxygens (including phenoxy) is 1. The molecule has 0 atom stereocenters. The van der Waals surface area contributed by atoms with Crippen LogP contribution < -0.4 is 10.1 Å². The molecule has 0 unspecified atom stereocenters. The number of hydrogen-bond donors (Lipinski definition) is 1. The lowest BCUT2D eigenvalue weighted by Gasteiger charge is -2.08. The number of carbonyl (C=O) groups is 1. The predicted octanol–water partition coefficient (Wildman–Crippen LogP) is 2.93. The molecule has 17 heavy (non-hydrogen) atoms. The molecule has 3 nitrogen and oxygen atoms in total. The van der Waals surface area contributed by atoms with Gasteiger partial charge in [-0.2, -0.15) is 0 Å². The topological polar surface area (TPSA) is 38.3 Å². The molecule has 0 aliphatic carbocycles. The summed E-state index contributed by atoms with van der Waals surface area (Å²) in [4.78, 5) is 10.2. The van der Waals surface area contributed by atoms with Crippen molar-refractivity contribution in [3.63, 3.8) is 0 Å². The second kappa shape index (κ2) is 7.06. The van der Waals surface area contributed by atoms with E-state index in [9.17, 15) is 4.79 Å². The Balaban J connectivity index is 2.77. The van der Waals surface area contributed by atoms with Crippen molar-refractivity contribution in [1.29, 1.82) is 0 Å². The lowest BCUT2D eigenvalue weighted by molar-refractivity contribution is -0.109. The molecular weight excluding hydrogens is 214 g/mol. The maximum Gasteiger partial charge on any atom is 0.157 e. The molecule has 0 spiro atoms. The normalized spacial score (nSPS) is 10.5. The number of aldehydes is 1. The lowest BCUT2D eigenvalue weighted by Crippen LogP contribution is -1.99. The van der Waals surface area contributed by atoms with Crippen molar-refractivity contribution in [2.75, 3.05) is 11.9 Å². The maximum atomic E-state index is 10.2. The Bertz CT molecular complexity index is 436. The summed E-state index contributed by atoms with van der Waals surface area (Å²) >= 11 is 0. The summed E-state index contributed by atoms with van der Waals surface area (Å²) < 4.78 is 5.20. The van der Waals surface area contributed by atoms with Gasteiger partial charge in [-0.1, -0.05) is 25.3 Å². The minimum Gasteiger partial charge on any atom is -0.486 e. The van der Waals surface area contributed by atoms with E-state index in [0.29, 0.717) is 12.0 Å². The molecule has 88 valence electrons. The van der Waals surface area contributed by atoms with Crippen LogP contribution in [-0.2, 0) is 4.79 Å². The molecule has 0 fully saturated rings. The Labute approximate surface area is 101 Å². The van der Waals surface area contributed by atoms with Crippen LogP contribution in [0.5, 0.6) is 5.75 Å². The van der Waals surface area contributed by atoms with Gasteiger partial charge in [0.05, 0.1) is 0 Å². The zero-order chi connectivity index (χ0) is 12.5. The standard InChI is InChI=1S/C14H15NO2/c1-3-6-12(4-2)15-13-7-5-8-14(11-13)17-10-9-16/h3-9,11,15H,1-2,10H2/b12-6+. The monoisotopic (exact) mass is 229 g/mol. The molecule has 0 radical (unpaired) electrons. The van der Waals surface area contributed by atoms with Gasteiger partial charge in [0.1, 0.15) is 12.4 Å². The average Bonchev–Trinajstić information content (AvgIpc) is 2.36. The Morgan fingerprint density at radius 1 is 1.41 bits per heavy atom. The highest BCUT2D eigenvalue weighted by Crippen LogP contribution is 2.18. The largest absolute Gasteiger partial charge is 0.486 e. The first-order valence-electron chi connectivity index (χ1n) is 5.19. The molecule has 0 bridgehead atoms. The van der Waals surface area contributed by atoms with E-state index in [1.807, 2.05) is 24.3 Å². The Morgan fingerprint density at radius 3 is 2.88 bits per heavy atom. The average molecular weight is 229 g/mol. The molecule has 0 heterocycles. The molecule has 1 N–H and O–H groups in total. The van der Waals surface area contributed by atoms with E-state index in [1.54, 1.807) is 18.2 Å². The summed E-state index contributed by atoms with van der Waals surface area (Å²) in [5, 5.41) is 3.15. The van der Waals surface area contributed by atoms with Crippen LogP contribution in [0, 0.1) is 0 Å². The maximum absolute atomic E-state index is 10.2. The summed E-state index contributed by atoms with van der Waals surface area (Å²) in [6.07, 6.45) is 5.90. The summed E-state index contributed by atoms with van der Waals surface area (Å²) in [5.41, 5.74) is 1.70. The van der Waals surface area contributed by atoms with Crippen molar-refractivity contribution in [3.05, 3.63) is 61.3 Å². The highest BCUT2D eigenvalue weighted by atomic mass is 16.5. The fourth-order valence-electron chi connectivity index (χ4n) is 1.25.